The van der Waals surface area contributed by atoms with Crippen LogP contribution < -0.4 is 0 Å². The number of allylic oxidation sites excluding steroid dienone is 1. The Hall–Kier alpha value is -2.29. The minimum absolute atomic E-state index is 0.223. The van der Waals surface area contributed by atoms with Crippen molar-refractivity contribution in [3.8, 4) is 0 Å². The van der Waals surface area contributed by atoms with Crippen molar-refractivity contribution >= 4 is 11.9 Å². The lowest BCUT2D eigenvalue weighted by Gasteiger charge is -1.96. The standard InChI is InChI=1S/C15H10F2O/c16-13-6-1-11(2-7-13)3-10-15(18)12-4-8-14(17)9-5-12/h1-10H/b10-3-. The molecule has 90 valence electrons. The van der Waals surface area contributed by atoms with Crippen molar-refractivity contribution in [2.45, 2.75) is 0 Å². The van der Waals surface area contributed by atoms with Crippen molar-refractivity contribution in [1.82, 2.24) is 0 Å². The van der Waals surface area contributed by atoms with E-state index in [2.05, 4.69) is 0 Å². The molecule has 3 heteroatoms. The van der Waals surface area contributed by atoms with Crippen LogP contribution in [0.4, 0.5) is 8.78 Å². The third-order valence-corrected chi connectivity index (χ3v) is 2.43. The van der Waals surface area contributed by atoms with Crippen molar-refractivity contribution in [3.05, 3.63) is 77.4 Å². The van der Waals surface area contributed by atoms with Crippen LogP contribution in [-0.4, -0.2) is 5.78 Å². The molecule has 1 nitrogen and oxygen atoms in total. The van der Waals surface area contributed by atoms with Crippen molar-refractivity contribution in [2.75, 3.05) is 0 Å². The lowest BCUT2D eigenvalue weighted by Crippen LogP contribution is -1.93. The molecule has 0 saturated carbocycles. The molecule has 0 radical (unpaired) electrons. The highest BCUT2D eigenvalue weighted by Crippen LogP contribution is 2.08. The summed E-state index contributed by atoms with van der Waals surface area (Å²) in [4.78, 5) is 11.7. The van der Waals surface area contributed by atoms with E-state index in [1.807, 2.05) is 0 Å². The van der Waals surface area contributed by atoms with Crippen molar-refractivity contribution in [3.63, 3.8) is 0 Å². The molecule has 2 aromatic carbocycles. The molecule has 0 spiro atoms. The highest BCUT2D eigenvalue weighted by molar-refractivity contribution is 6.06. The van der Waals surface area contributed by atoms with E-state index < -0.39 is 0 Å². The van der Waals surface area contributed by atoms with E-state index in [4.69, 9.17) is 0 Å². The van der Waals surface area contributed by atoms with Gasteiger partial charge in [0.15, 0.2) is 5.78 Å². The zero-order valence-electron chi connectivity index (χ0n) is 9.44. The summed E-state index contributed by atoms with van der Waals surface area (Å²) in [7, 11) is 0. The summed E-state index contributed by atoms with van der Waals surface area (Å²) in [5.41, 5.74) is 1.14. The van der Waals surface area contributed by atoms with E-state index in [1.165, 1.54) is 42.5 Å². The molecule has 0 amide bonds. The molecule has 2 aromatic rings. The topological polar surface area (TPSA) is 17.1 Å². The molecule has 0 aromatic heterocycles. The van der Waals surface area contributed by atoms with Gasteiger partial charge < -0.3 is 0 Å². The van der Waals surface area contributed by atoms with E-state index in [0.29, 0.717) is 5.56 Å². The maximum atomic E-state index is 12.7. The van der Waals surface area contributed by atoms with E-state index in [1.54, 1.807) is 18.2 Å². The molecular formula is C15H10F2O. The number of benzene rings is 2. The predicted octanol–water partition coefficient (Wildman–Crippen LogP) is 3.86. The third-order valence-electron chi connectivity index (χ3n) is 2.43. The summed E-state index contributed by atoms with van der Waals surface area (Å²) in [6.07, 6.45) is 2.96. The first-order valence-corrected chi connectivity index (χ1v) is 5.39. The fraction of sp³-hybridized carbons (Fsp3) is 0. The van der Waals surface area contributed by atoms with E-state index in [-0.39, 0.29) is 17.4 Å². The second-order valence-corrected chi connectivity index (χ2v) is 3.76. The first-order chi connectivity index (χ1) is 8.65. The SMILES string of the molecule is O=C(/C=C\c1ccc(F)cc1)c1ccc(F)cc1. The minimum Gasteiger partial charge on any atom is -0.289 e. The highest BCUT2D eigenvalue weighted by Gasteiger charge is 2.01. The van der Waals surface area contributed by atoms with Crippen LogP contribution >= 0.6 is 0 Å². The number of carbonyl (C=O) groups is 1. The average Bonchev–Trinajstić information content (AvgIpc) is 2.38. The van der Waals surface area contributed by atoms with Gasteiger partial charge in [-0.05, 0) is 48.0 Å². The number of hydrogen-bond donors (Lipinski definition) is 0. The molecule has 0 aliphatic heterocycles. The summed E-state index contributed by atoms with van der Waals surface area (Å²) in [6.45, 7) is 0. The lowest BCUT2D eigenvalue weighted by molar-refractivity contribution is 0.104. The van der Waals surface area contributed by atoms with Gasteiger partial charge in [0.1, 0.15) is 11.6 Å². The Morgan fingerprint density at radius 2 is 1.33 bits per heavy atom. The van der Waals surface area contributed by atoms with E-state index in [0.717, 1.165) is 5.56 Å². The fourth-order valence-electron chi connectivity index (χ4n) is 1.46. The molecule has 0 N–H and O–H groups in total. The van der Waals surface area contributed by atoms with Gasteiger partial charge in [0.2, 0.25) is 0 Å². The Labute approximate surface area is 103 Å². The number of ketones is 1. The van der Waals surface area contributed by atoms with Crippen LogP contribution in [0.25, 0.3) is 6.08 Å². The molecule has 0 fully saturated rings. The minimum atomic E-state index is -0.380. The van der Waals surface area contributed by atoms with Crippen molar-refractivity contribution in [1.29, 1.82) is 0 Å². The molecule has 2 rings (SSSR count). The summed E-state index contributed by atoms with van der Waals surface area (Å²) in [5, 5.41) is 0. The third kappa shape index (κ3) is 3.10. The number of hydrogen-bond acceptors (Lipinski definition) is 1. The van der Waals surface area contributed by atoms with Crippen molar-refractivity contribution < 1.29 is 13.6 Å². The predicted molar refractivity (Wildman–Crippen MR) is 66.2 cm³/mol. The normalized spacial score (nSPS) is 10.8. The average molecular weight is 244 g/mol. The Morgan fingerprint density at radius 3 is 1.89 bits per heavy atom. The van der Waals surface area contributed by atoms with E-state index >= 15 is 0 Å². The molecule has 0 saturated heterocycles. The molecule has 0 unspecified atom stereocenters. The lowest BCUT2D eigenvalue weighted by atomic mass is 10.1. The van der Waals surface area contributed by atoms with Crippen LogP contribution in [0.3, 0.4) is 0 Å². The largest absolute Gasteiger partial charge is 0.289 e. The van der Waals surface area contributed by atoms with Gasteiger partial charge in [0.25, 0.3) is 0 Å². The molecular weight excluding hydrogens is 234 g/mol. The van der Waals surface area contributed by atoms with Crippen LogP contribution in [0.1, 0.15) is 15.9 Å². The van der Waals surface area contributed by atoms with Crippen LogP contribution in [0.5, 0.6) is 0 Å². The molecule has 0 atom stereocenters. The number of carbonyl (C=O) groups excluding carboxylic acids is 1. The summed E-state index contributed by atoms with van der Waals surface area (Å²) < 4.78 is 25.3. The Balaban J connectivity index is 2.11. The van der Waals surface area contributed by atoms with Gasteiger partial charge >= 0.3 is 0 Å². The van der Waals surface area contributed by atoms with Gasteiger partial charge in [-0.3, -0.25) is 4.79 Å². The molecule has 0 aliphatic carbocycles. The molecule has 0 heterocycles. The number of halogens is 2. The van der Waals surface area contributed by atoms with Crippen LogP contribution in [0.15, 0.2) is 54.6 Å². The quantitative estimate of drug-likeness (QED) is 0.592. The zero-order valence-corrected chi connectivity index (χ0v) is 9.44. The summed E-state index contributed by atoms with van der Waals surface area (Å²) >= 11 is 0. The zero-order chi connectivity index (χ0) is 13.0. The van der Waals surface area contributed by atoms with Gasteiger partial charge in [-0.2, -0.15) is 0 Å². The summed E-state index contributed by atoms with van der Waals surface area (Å²) in [5.74, 6) is -0.926. The maximum Gasteiger partial charge on any atom is 0.185 e. The Kier molecular flexibility index (Phi) is 3.63. The smallest absolute Gasteiger partial charge is 0.185 e. The maximum absolute atomic E-state index is 12.7. The van der Waals surface area contributed by atoms with Gasteiger partial charge in [0.05, 0.1) is 0 Å². The molecule has 18 heavy (non-hydrogen) atoms. The monoisotopic (exact) mass is 244 g/mol. The van der Waals surface area contributed by atoms with E-state index in [9.17, 15) is 13.6 Å². The molecule has 0 aliphatic rings. The highest BCUT2D eigenvalue weighted by atomic mass is 19.1. The van der Waals surface area contributed by atoms with Gasteiger partial charge in [0, 0.05) is 5.56 Å². The Bertz CT molecular complexity index is 568. The fourth-order valence-corrected chi connectivity index (χ4v) is 1.46. The second kappa shape index (κ2) is 5.36. The van der Waals surface area contributed by atoms with Crippen molar-refractivity contribution in [2.24, 2.45) is 0 Å². The summed E-state index contributed by atoms with van der Waals surface area (Å²) in [6, 6.07) is 11.1. The first-order valence-electron chi connectivity index (χ1n) is 5.39. The van der Waals surface area contributed by atoms with Crippen LogP contribution in [0, 0.1) is 11.6 Å². The Morgan fingerprint density at radius 1 is 0.833 bits per heavy atom. The van der Waals surface area contributed by atoms with Gasteiger partial charge in [-0.25, -0.2) is 8.78 Å². The van der Waals surface area contributed by atoms with Gasteiger partial charge in [-0.15, -0.1) is 0 Å². The molecule has 0 bridgehead atoms. The first kappa shape index (κ1) is 12.2. The van der Waals surface area contributed by atoms with Crippen LogP contribution in [0.2, 0.25) is 0 Å². The number of rotatable bonds is 3. The van der Waals surface area contributed by atoms with Crippen LogP contribution in [-0.2, 0) is 0 Å². The second-order valence-electron chi connectivity index (χ2n) is 3.76. The van der Waals surface area contributed by atoms with Gasteiger partial charge in [-0.1, -0.05) is 18.2 Å².